The molecule has 0 bridgehead atoms. The average molecular weight is 579 g/mol. The second-order valence-electron chi connectivity index (χ2n) is 7.90. The fourth-order valence-electron chi connectivity index (χ4n) is 2.83. The normalized spacial score (nSPS) is 11.9. The van der Waals surface area contributed by atoms with Gasteiger partial charge >= 0.3 is 0 Å². The van der Waals surface area contributed by atoms with E-state index in [0.29, 0.717) is 30.1 Å². The first kappa shape index (κ1) is 32.0. The first-order valence-electron chi connectivity index (χ1n) is 11.2. The molecule has 10 nitrogen and oxygen atoms in total. The summed E-state index contributed by atoms with van der Waals surface area (Å²) in [6.07, 6.45) is 2.08. The zero-order chi connectivity index (χ0) is 27.6. The Hall–Kier alpha value is -2.00. The van der Waals surface area contributed by atoms with Gasteiger partial charge in [0.15, 0.2) is 9.84 Å². The Labute approximate surface area is 216 Å². The van der Waals surface area contributed by atoms with Gasteiger partial charge in [0, 0.05) is 29.2 Å². The van der Waals surface area contributed by atoms with Crippen LogP contribution in [0.3, 0.4) is 0 Å². The molecule has 0 radical (unpaired) electrons. The van der Waals surface area contributed by atoms with Crippen LogP contribution in [-0.2, 0) is 19.0 Å². The second-order valence-corrected chi connectivity index (χ2v) is 19.2. The number of benzene rings is 2. The number of sulfone groups is 1. The molecule has 2 rings (SSSR count). The fourth-order valence-corrected chi connectivity index (χ4v) is 12.1. The van der Waals surface area contributed by atoms with Crippen LogP contribution in [0.2, 0.25) is 0 Å². The first-order chi connectivity index (χ1) is 16.7. The molecule has 14 heteroatoms. The molecule has 0 aliphatic rings. The van der Waals surface area contributed by atoms with Crippen LogP contribution in [-0.4, -0.2) is 53.9 Å². The van der Waals surface area contributed by atoms with Crippen molar-refractivity contribution in [3.63, 3.8) is 0 Å². The summed E-state index contributed by atoms with van der Waals surface area (Å²) in [5.41, 5.74) is 0.138. The van der Waals surface area contributed by atoms with E-state index in [1.807, 2.05) is 13.8 Å². The summed E-state index contributed by atoms with van der Waals surface area (Å²) >= 11 is 1.51. The highest BCUT2D eigenvalue weighted by Crippen LogP contribution is 2.49. The molecule has 0 amide bonds. The molecule has 0 aliphatic carbocycles. The van der Waals surface area contributed by atoms with Gasteiger partial charge in [-0.3, -0.25) is 20.2 Å². The molecule has 0 saturated heterocycles. The molecule has 36 heavy (non-hydrogen) atoms. The van der Waals surface area contributed by atoms with E-state index in [0.717, 1.165) is 17.0 Å². The summed E-state index contributed by atoms with van der Waals surface area (Å²) in [6, 6.07) is 11.0. The number of nitrogens with zero attached hydrogens (tertiary/aromatic N) is 2. The summed E-state index contributed by atoms with van der Waals surface area (Å²) in [7, 11) is -8.44. The lowest BCUT2D eigenvalue weighted by molar-refractivity contribution is -0.385. The first-order valence-corrected chi connectivity index (χ1v) is 18.4. The number of hydrogen-bond donors (Lipinski definition) is 0. The molecular weight excluding hydrogens is 546 g/mol. The Bertz CT molecular complexity index is 1220. The number of rotatable bonds is 12. The Kier molecular flexibility index (Phi) is 12.5. The van der Waals surface area contributed by atoms with Crippen molar-refractivity contribution in [3.05, 3.63) is 68.8 Å². The van der Waals surface area contributed by atoms with Gasteiger partial charge in [-0.05, 0) is 48.9 Å². The second kappa shape index (κ2) is 14.1. The van der Waals surface area contributed by atoms with Crippen molar-refractivity contribution in [2.45, 2.75) is 37.5 Å². The van der Waals surface area contributed by atoms with Gasteiger partial charge in [0.1, 0.15) is 12.6 Å². The number of non-ortho nitro benzene ring substituents is 2. The summed E-state index contributed by atoms with van der Waals surface area (Å²) in [5.74, 6) is 0. The van der Waals surface area contributed by atoms with E-state index < -0.39 is 34.0 Å². The van der Waals surface area contributed by atoms with Gasteiger partial charge in [-0.1, -0.05) is 27.7 Å². The summed E-state index contributed by atoms with van der Waals surface area (Å²) in [4.78, 5) is 20.9. The fraction of sp³-hybridized carbons (Fsp3) is 0.455. The monoisotopic (exact) mass is 578 g/mol. The Morgan fingerprint density at radius 2 is 1.11 bits per heavy atom. The predicted molar refractivity (Wildman–Crippen MR) is 146 cm³/mol. The number of nitro benzene ring substituents is 2. The van der Waals surface area contributed by atoms with Crippen molar-refractivity contribution in [1.29, 1.82) is 0 Å². The number of nitro groups is 2. The third-order valence-corrected chi connectivity index (χ3v) is 17.5. The highest BCUT2D eigenvalue weighted by Gasteiger charge is 2.27. The molecule has 0 aliphatic heterocycles. The van der Waals surface area contributed by atoms with Gasteiger partial charge in [0.05, 0.1) is 27.4 Å². The van der Waals surface area contributed by atoms with E-state index in [4.69, 9.17) is 0 Å². The third kappa shape index (κ3) is 9.81. The molecule has 200 valence electrons. The van der Waals surface area contributed by atoms with Crippen molar-refractivity contribution >= 4 is 47.3 Å². The van der Waals surface area contributed by atoms with Crippen LogP contribution in [0.1, 0.15) is 27.7 Å². The molecular formula is C22H32N2O8P2S2. The Morgan fingerprint density at radius 3 is 1.47 bits per heavy atom. The Balaban J connectivity index is 0.000000362. The average Bonchev–Trinajstić information content (AvgIpc) is 2.87. The number of hydrogen-bond acceptors (Lipinski definition) is 9. The van der Waals surface area contributed by atoms with Crippen LogP contribution in [0.15, 0.2) is 58.3 Å². The maximum Gasteiger partial charge on any atom is 0.269 e. The highest BCUT2D eigenvalue weighted by molar-refractivity contribution is 8.05. The molecule has 0 fully saturated rings. The van der Waals surface area contributed by atoms with Crippen molar-refractivity contribution in [1.82, 2.24) is 0 Å². The third-order valence-electron chi connectivity index (χ3n) is 5.63. The SMILES string of the molecule is CCP(=O)(CC)CS(=O)(=O)c1ccc([N+](=O)[O-])cc1.CCP(=O)(CC)CSc1ccc([N+](=O)[O-])cc1. The van der Waals surface area contributed by atoms with Gasteiger partial charge in [-0.15, -0.1) is 11.8 Å². The number of thioether (sulfide) groups is 1. The van der Waals surface area contributed by atoms with Gasteiger partial charge in [-0.2, -0.15) is 0 Å². The lowest BCUT2D eigenvalue weighted by Crippen LogP contribution is -2.10. The minimum absolute atomic E-state index is 0.0276. The molecule has 0 N–H and O–H groups in total. The van der Waals surface area contributed by atoms with Crippen molar-refractivity contribution in [2.75, 3.05) is 35.6 Å². The van der Waals surface area contributed by atoms with E-state index in [1.165, 1.54) is 36.0 Å². The molecule has 0 unspecified atom stereocenters. The van der Waals surface area contributed by atoms with Gasteiger partial charge in [-0.25, -0.2) is 8.42 Å². The quantitative estimate of drug-likeness (QED) is 0.115. The molecule has 2 aromatic rings. The molecule has 0 heterocycles. The van der Waals surface area contributed by atoms with Crippen molar-refractivity contribution in [2.24, 2.45) is 0 Å². The van der Waals surface area contributed by atoms with Crippen LogP contribution in [0.4, 0.5) is 11.4 Å². The van der Waals surface area contributed by atoms with E-state index in [2.05, 4.69) is 0 Å². The minimum atomic E-state index is -3.67. The van der Waals surface area contributed by atoms with Gasteiger partial charge in [0.2, 0.25) is 0 Å². The van der Waals surface area contributed by atoms with Crippen LogP contribution in [0.25, 0.3) is 0 Å². The van der Waals surface area contributed by atoms with E-state index in [-0.39, 0.29) is 21.8 Å². The summed E-state index contributed by atoms with van der Waals surface area (Å²) in [6.45, 7) is 7.30. The lowest BCUT2D eigenvalue weighted by atomic mass is 10.3. The molecule has 0 spiro atoms. The van der Waals surface area contributed by atoms with E-state index in [9.17, 15) is 37.8 Å². The summed E-state index contributed by atoms with van der Waals surface area (Å²) < 4.78 is 48.6. The van der Waals surface area contributed by atoms with Crippen molar-refractivity contribution in [3.8, 4) is 0 Å². The molecule has 0 saturated carbocycles. The molecule has 0 atom stereocenters. The maximum atomic E-state index is 12.2. The largest absolute Gasteiger partial charge is 0.323 e. The predicted octanol–water partition coefficient (Wildman–Crippen LogP) is 6.78. The smallest absolute Gasteiger partial charge is 0.269 e. The zero-order valence-corrected chi connectivity index (χ0v) is 24.2. The highest BCUT2D eigenvalue weighted by atomic mass is 32.2. The molecule has 2 aromatic carbocycles. The zero-order valence-electron chi connectivity index (χ0n) is 20.7. The minimum Gasteiger partial charge on any atom is -0.323 e. The topological polar surface area (TPSA) is 155 Å². The van der Waals surface area contributed by atoms with E-state index >= 15 is 0 Å². The van der Waals surface area contributed by atoms with Gasteiger partial charge in [0.25, 0.3) is 11.4 Å². The molecule has 0 aromatic heterocycles. The standard InChI is InChI=1S/C11H16NO5PS.C11H16NO3PS/c1-3-18(15,4-2)9-19(16,17)11-7-5-10(6-8-11)12(13)14;1-3-16(15,4-2)9-17-11-7-5-10(6-8-11)12(13)14/h5-8H,3-4,9H2,1-2H3;5-8H,3-4,9H2,1-2H3. The van der Waals surface area contributed by atoms with Crippen LogP contribution in [0, 0.1) is 20.2 Å². The Morgan fingerprint density at radius 1 is 0.722 bits per heavy atom. The van der Waals surface area contributed by atoms with Crippen LogP contribution >= 0.6 is 26.0 Å². The van der Waals surface area contributed by atoms with Crippen molar-refractivity contribution < 1.29 is 27.4 Å². The lowest BCUT2D eigenvalue weighted by Gasteiger charge is -2.14. The van der Waals surface area contributed by atoms with E-state index in [1.54, 1.807) is 26.0 Å². The van der Waals surface area contributed by atoms with Crippen LogP contribution in [0.5, 0.6) is 0 Å². The maximum absolute atomic E-state index is 12.2. The van der Waals surface area contributed by atoms with Gasteiger partial charge < -0.3 is 9.13 Å². The van der Waals surface area contributed by atoms with Crippen LogP contribution < -0.4 is 0 Å². The summed E-state index contributed by atoms with van der Waals surface area (Å²) in [5, 5.41) is 21.0.